The van der Waals surface area contributed by atoms with Crippen LogP contribution in [-0.4, -0.2) is 25.5 Å². The summed E-state index contributed by atoms with van der Waals surface area (Å²) in [5.41, 5.74) is 1.90. The Bertz CT molecular complexity index is 623. The molecule has 1 aliphatic carbocycles. The molecule has 0 radical (unpaired) electrons. The lowest BCUT2D eigenvalue weighted by Crippen LogP contribution is -3.14. The highest BCUT2D eigenvalue weighted by Crippen LogP contribution is 2.39. The van der Waals surface area contributed by atoms with Crippen LogP contribution < -0.4 is 10.2 Å². The molecule has 1 aromatic heterocycles. The monoisotopic (exact) mass is 332 g/mol. The maximum absolute atomic E-state index is 12.4. The zero-order valence-corrected chi connectivity index (χ0v) is 14.9. The number of quaternary nitrogens is 1. The highest BCUT2D eigenvalue weighted by Gasteiger charge is 2.26. The van der Waals surface area contributed by atoms with E-state index in [1.165, 1.54) is 28.2 Å². The van der Waals surface area contributed by atoms with E-state index in [1.807, 2.05) is 0 Å². The average Bonchev–Trinajstić information content (AvgIpc) is 2.85. The minimum absolute atomic E-state index is 0.0534. The van der Waals surface area contributed by atoms with Crippen molar-refractivity contribution in [2.45, 2.75) is 46.0 Å². The van der Waals surface area contributed by atoms with E-state index in [-0.39, 0.29) is 5.91 Å². The molecule has 0 saturated carbocycles. The number of rotatable bonds is 3. The van der Waals surface area contributed by atoms with E-state index in [2.05, 4.69) is 25.2 Å². The van der Waals surface area contributed by atoms with Gasteiger partial charge in [-0.3, -0.25) is 4.79 Å². The van der Waals surface area contributed by atoms with E-state index in [9.17, 15) is 10.1 Å². The lowest BCUT2D eigenvalue weighted by Gasteiger charge is -2.26. The number of likely N-dealkylation sites (tertiary alicyclic amines) is 1. The summed E-state index contributed by atoms with van der Waals surface area (Å²) in [4.78, 5) is 15.0. The number of nitriles is 1. The lowest BCUT2D eigenvalue weighted by molar-refractivity contribution is -0.897. The molecule has 1 aliphatic heterocycles. The third-order valence-electron chi connectivity index (χ3n) is 5.27. The van der Waals surface area contributed by atoms with Gasteiger partial charge in [-0.25, -0.2) is 0 Å². The first-order valence-corrected chi connectivity index (χ1v) is 9.56. The van der Waals surface area contributed by atoms with Crippen molar-refractivity contribution in [3.63, 3.8) is 0 Å². The number of hydrogen-bond donors (Lipinski definition) is 2. The van der Waals surface area contributed by atoms with Gasteiger partial charge < -0.3 is 10.2 Å². The van der Waals surface area contributed by atoms with E-state index < -0.39 is 0 Å². The second-order valence-corrected chi connectivity index (χ2v) is 8.43. The van der Waals surface area contributed by atoms with E-state index in [0.717, 1.165) is 43.3 Å². The normalized spacial score (nSPS) is 27.1. The van der Waals surface area contributed by atoms with Gasteiger partial charge in [-0.2, -0.15) is 5.26 Å². The largest absolute Gasteiger partial charge is 0.327 e. The zero-order chi connectivity index (χ0) is 16.4. The Hall–Kier alpha value is -1.38. The molecular formula is C18H26N3OS+. The number of fused-ring (bicyclic) bond motifs is 1. The third kappa shape index (κ3) is 3.76. The number of piperidine rings is 1. The topological polar surface area (TPSA) is 57.3 Å². The predicted molar refractivity (Wildman–Crippen MR) is 92.8 cm³/mol. The first kappa shape index (κ1) is 16.5. The predicted octanol–water partition coefficient (Wildman–Crippen LogP) is 2.00. The van der Waals surface area contributed by atoms with Gasteiger partial charge in [-0.1, -0.05) is 13.8 Å². The fourth-order valence-corrected chi connectivity index (χ4v) is 5.08. The van der Waals surface area contributed by atoms with Crippen LogP contribution in [0.2, 0.25) is 0 Å². The number of carbonyl (C=O) groups excluding carboxylic acids is 1. The number of nitrogens with zero attached hydrogens (tertiary/aromatic N) is 1. The molecule has 23 heavy (non-hydrogen) atoms. The van der Waals surface area contributed by atoms with Gasteiger partial charge in [0.2, 0.25) is 0 Å². The second kappa shape index (κ2) is 7.02. The molecular weight excluding hydrogens is 306 g/mol. The molecule has 1 fully saturated rings. The van der Waals surface area contributed by atoms with Crippen LogP contribution in [0.15, 0.2) is 0 Å². The third-order valence-corrected chi connectivity index (χ3v) is 6.44. The van der Waals surface area contributed by atoms with Gasteiger partial charge in [0.25, 0.3) is 5.91 Å². The van der Waals surface area contributed by atoms with Gasteiger partial charge in [0.15, 0.2) is 6.54 Å². The van der Waals surface area contributed by atoms with Crippen LogP contribution in [0.25, 0.3) is 0 Å². The molecule has 1 saturated heterocycles. The Kier molecular flexibility index (Phi) is 5.03. The maximum atomic E-state index is 12.4. The molecule has 0 unspecified atom stereocenters. The number of nitrogens with one attached hydrogen (secondary N) is 2. The van der Waals surface area contributed by atoms with E-state index in [0.29, 0.717) is 18.0 Å². The highest BCUT2D eigenvalue weighted by atomic mass is 32.1. The van der Waals surface area contributed by atoms with Gasteiger partial charge in [-0.05, 0) is 49.5 Å². The minimum atomic E-state index is 0.0534. The van der Waals surface area contributed by atoms with Crippen molar-refractivity contribution in [1.29, 1.82) is 5.26 Å². The molecule has 5 heteroatoms. The average molecular weight is 332 g/mol. The fourth-order valence-electron chi connectivity index (χ4n) is 3.70. The van der Waals surface area contributed by atoms with Crippen molar-refractivity contribution in [3.05, 3.63) is 16.0 Å². The summed E-state index contributed by atoms with van der Waals surface area (Å²) < 4.78 is 0. The van der Waals surface area contributed by atoms with Crippen LogP contribution >= 0.6 is 11.3 Å². The number of amides is 1. The summed E-state index contributed by atoms with van der Waals surface area (Å²) in [6.07, 6.45) is 5.57. The summed E-state index contributed by atoms with van der Waals surface area (Å²) in [6.45, 7) is 7.23. The Balaban J connectivity index is 1.66. The lowest BCUT2D eigenvalue weighted by atomic mass is 9.89. The standard InChI is InChI=1S/C18H25N3OS/c1-12-5-7-21(8-6-12)11-17(22)20-18-15(10-19)14-4-3-13(2)9-16(14)23-18/h12-13H,3-9,11H2,1-2H3,(H,20,22)/p+1/t13-/m1/s1. The van der Waals surface area contributed by atoms with E-state index >= 15 is 0 Å². The zero-order valence-electron chi connectivity index (χ0n) is 14.1. The number of thiophene rings is 1. The summed E-state index contributed by atoms with van der Waals surface area (Å²) in [5.74, 6) is 1.52. The smallest absolute Gasteiger partial charge is 0.280 e. The molecule has 0 bridgehead atoms. The minimum Gasteiger partial charge on any atom is -0.327 e. The molecule has 2 aliphatic rings. The Morgan fingerprint density at radius 2 is 2.04 bits per heavy atom. The molecule has 2 N–H and O–H groups in total. The molecule has 1 aromatic rings. The summed E-state index contributed by atoms with van der Waals surface area (Å²) >= 11 is 1.62. The molecule has 1 atom stereocenters. The number of anilines is 1. The van der Waals surface area contributed by atoms with Gasteiger partial charge in [0.1, 0.15) is 11.1 Å². The van der Waals surface area contributed by atoms with E-state index in [4.69, 9.17) is 0 Å². The van der Waals surface area contributed by atoms with Crippen LogP contribution in [0.4, 0.5) is 5.00 Å². The molecule has 2 heterocycles. The van der Waals surface area contributed by atoms with Crippen LogP contribution in [-0.2, 0) is 17.6 Å². The van der Waals surface area contributed by atoms with Crippen molar-refractivity contribution in [3.8, 4) is 6.07 Å². The van der Waals surface area contributed by atoms with E-state index in [1.54, 1.807) is 11.3 Å². The van der Waals surface area contributed by atoms with Gasteiger partial charge in [0.05, 0.1) is 18.7 Å². The number of carbonyl (C=O) groups is 1. The Labute approximate surface area is 142 Å². The Morgan fingerprint density at radius 1 is 1.30 bits per heavy atom. The summed E-state index contributed by atoms with van der Waals surface area (Å²) in [7, 11) is 0. The molecule has 0 aromatic carbocycles. The van der Waals surface area contributed by atoms with Crippen molar-refractivity contribution < 1.29 is 9.69 Å². The van der Waals surface area contributed by atoms with Crippen LogP contribution in [0, 0.1) is 23.2 Å². The first-order valence-electron chi connectivity index (χ1n) is 8.74. The molecule has 4 nitrogen and oxygen atoms in total. The molecule has 1 amide bonds. The highest BCUT2D eigenvalue weighted by molar-refractivity contribution is 7.16. The maximum Gasteiger partial charge on any atom is 0.280 e. The van der Waals surface area contributed by atoms with Crippen LogP contribution in [0.5, 0.6) is 0 Å². The first-order chi connectivity index (χ1) is 11.1. The van der Waals surface area contributed by atoms with Crippen LogP contribution in [0.3, 0.4) is 0 Å². The van der Waals surface area contributed by atoms with Gasteiger partial charge in [-0.15, -0.1) is 11.3 Å². The molecule has 3 rings (SSSR count). The summed E-state index contributed by atoms with van der Waals surface area (Å²) in [6, 6.07) is 2.32. The number of hydrogen-bond acceptors (Lipinski definition) is 3. The second-order valence-electron chi connectivity index (χ2n) is 7.33. The van der Waals surface area contributed by atoms with Crippen molar-refractivity contribution in [1.82, 2.24) is 0 Å². The van der Waals surface area contributed by atoms with Gasteiger partial charge in [0, 0.05) is 4.88 Å². The van der Waals surface area contributed by atoms with Crippen molar-refractivity contribution in [2.24, 2.45) is 11.8 Å². The Morgan fingerprint density at radius 3 is 2.74 bits per heavy atom. The van der Waals surface area contributed by atoms with Crippen LogP contribution in [0.1, 0.15) is 49.1 Å². The fraction of sp³-hybridized carbons (Fsp3) is 0.667. The van der Waals surface area contributed by atoms with Gasteiger partial charge >= 0.3 is 0 Å². The van der Waals surface area contributed by atoms with Crippen molar-refractivity contribution >= 4 is 22.2 Å². The summed E-state index contributed by atoms with van der Waals surface area (Å²) in [5, 5.41) is 13.3. The SMILES string of the molecule is CC1CC[NH+](CC(=O)Nc2sc3c(c2C#N)CC[C@@H](C)C3)CC1. The molecule has 0 spiro atoms. The quantitative estimate of drug-likeness (QED) is 0.889. The van der Waals surface area contributed by atoms with Crippen molar-refractivity contribution in [2.75, 3.05) is 25.0 Å². The molecule has 124 valence electrons.